The second-order valence-corrected chi connectivity index (χ2v) is 7.01. The molecule has 0 saturated carbocycles. The Hall–Kier alpha value is -2.48. The van der Waals surface area contributed by atoms with Gasteiger partial charge in [0.15, 0.2) is 0 Å². The van der Waals surface area contributed by atoms with Gasteiger partial charge in [-0.2, -0.15) is 5.10 Å². The van der Waals surface area contributed by atoms with Crippen LogP contribution in [-0.2, 0) is 19.6 Å². The molecule has 0 N–H and O–H groups in total. The molecular formula is C16H18N6OS. The average Bonchev–Trinajstić information content (AvgIpc) is 3.28. The maximum absolute atomic E-state index is 13.0. The van der Waals surface area contributed by atoms with Gasteiger partial charge in [-0.1, -0.05) is 0 Å². The molecule has 0 unspecified atom stereocenters. The van der Waals surface area contributed by atoms with Crippen LogP contribution in [0.5, 0.6) is 0 Å². The van der Waals surface area contributed by atoms with Crippen molar-refractivity contribution >= 4 is 17.2 Å². The molecule has 0 fully saturated rings. The third kappa shape index (κ3) is 2.84. The number of aromatic nitrogens is 5. The summed E-state index contributed by atoms with van der Waals surface area (Å²) < 4.78 is 3.96. The Bertz CT molecular complexity index is 837. The third-order valence-corrected chi connectivity index (χ3v) is 5.33. The monoisotopic (exact) mass is 342 g/mol. The molecule has 3 aromatic heterocycles. The summed E-state index contributed by atoms with van der Waals surface area (Å²) in [5.41, 5.74) is 1.03. The van der Waals surface area contributed by atoms with E-state index in [1.54, 1.807) is 12.5 Å². The van der Waals surface area contributed by atoms with E-state index in [9.17, 15) is 4.79 Å². The molecule has 0 aromatic carbocycles. The van der Waals surface area contributed by atoms with Crippen LogP contribution in [0.1, 0.15) is 21.1 Å². The van der Waals surface area contributed by atoms with E-state index in [2.05, 4.69) is 19.6 Å². The number of thiophene rings is 1. The molecule has 0 spiro atoms. The number of hydrogen-bond acceptors (Lipinski definition) is 5. The van der Waals surface area contributed by atoms with Gasteiger partial charge in [0, 0.05) is 37.9 Å². The minimum absolute atomic E-state index is 0.0857. The van der Waals surface area contributed by atoms with Crippen LogP contribution in [0, 0.1) is 12.8 Å². The van der Waals surface area contributed by atoms with Gasteiger partial charge in [0.05, 0.1) is 11.4 Å². The van der Waals surface area contributed by atoms with Gasteiger partial charge >= 0.3 is 0 Å². The van der Waals surface area contributed by atoms with Crippen LogP contribution in [0.4, 0.5) is 0 Å². The molecular weight excluding hydrogens is 324 g/mol. The van der Waals surface area contributed by atoms with Crippen molar-refractivity contribution in [3.8, 4) is 0 Å². The van der Waals surface area contributed by atoms with Crippen LogP contribution < -0.4 is 0 Å². The fourth-order valence-corrected chi connectivity index (χ4v) is 4.03. The Kier molecular flexibility index (Phi) is 3.89. The first-order valence-electron chi connectivity index (χ1n) is 7.86. The molecule has 1 amide bonds. The van der Waals surface area contributed by atoms with E-state index < -0.39 is 0 Å². The third-order valence-electron chi connectivity index (χ3n) is 4.32. The number of imidazole rings is 1. The number of nitrogens with zero attached hydrogens (tertiary/aromatic N) is 6. The van der Waals surface area contributed by atoms with Crippen LogP contribution >= 0.6 is 11.3 Å². The van der Waals surface area contributed by atoms with Crippen molar-refractivity contribution in [2.24, 2.45) is 5.92 Å². The molecule has 0 radical (unpaired) electrons. The summed E-state index contributed by atoms with van der Waals surface area (Å²) in [6, 6.07) is 1.99. The Morgan fingerprint density at radius 2 is 2.33 bits per heavy atom. The van der Waals surface area contributed by atoms with Gasteiger partial charge in [-0.3, -0.25) is 9.48 Å². The molecule has 8 heteroatoms. The first-order valence-corrected chi connectivity index (χ1v) is 8.74. The lowest BCUT2D eigenvalue weighted by Crippen LogP contribution is -2.35. The summed E-state index contributed by atoms with van der Waals surface area (Å²) in [6.45, 7) is 4.75. The smallest absolute Gasteiger partial charge is 0.264 e. The minimum Gasteiger partial charge on any atom is -0.333 e. The number of amides is 1. The summed E-state index contributed by atoms with van der Waals surface area (Å²) in [6.07, 6.45) is 7.03. The van der Waals surface area contributed by atoms with Gasteiger partial charge in [0.25, 0.3) is 5.91 Å². The fraction of sp³-hybridized carbons (Fsp3) is 0.375. The molecule has 0 aliphatic carbocycles. The normalized spacial score (nSPS) is 17.5. The highest BCUT2D eigenvalue weighted by Gasteiger charge is 2.27. The fourth-order valence-electron chi connectivity index (χ4n) is 3.14. The SMILES string of the molecule is Cc1ccsc1C(=O)N1Cc2nccn2C[C@H](Cn2cncn2)C1. The van der Waals surface area contributed by atoms with Crippen LogP contribution in [0.2, 0.25) is 0 Å². The summed E-state index contributed by atoms with van der Waals surface area (Å²) in [5, 5.41) is 6.16. The van der Waals surface area contributed by atoms with Gasteiger partial charge < -0.3 is 9.47 Å². The quantitative estimate of drug-likeness (QED) is 0.728. The minimum atomic E-state index is 0.0857. The van der Waals surface area contributed by atoms with E-state index in [0.29, 0.717) is 13.1 Å². The maximum atomic E-state index is 13.0. The number of fused-ring (bicyclic) bond motifs is 1. The summed E-state index contributed by atoms with van der Waals surface area (Å²) >= 11 is 1.50. The molecule has 4 heterocycles. The molecule has 7 nitrogen and oxygen atoms in total. The number of rotatable bonds is 3. The molecule has 1 aliphatic rings. The number of aryl methyl sites for hydroxylation is 1. The number of carbonyl (C=O) groups excluding carboxylic acids is 1. The Morgan fingerprint density at radius 3 is 3.08 bits per heavy atom. The van der Waals surface area contributed by atoms with E-state index in [-0.39, 0.29) is 11.8 Å². The first kappa shape index (κ1) is 15.1. The average molecular weight is 342 g/mol. The van der Waals surface area contributed by atoms with Crippen LogP contribution in [0.3, 0.4) is 0 Å². The topological polar surface area (TPSA) is 68.8 Å². The highest BCUT2D eigenvalue weighted by molar-refractivity contribution is 7.12. The van der Waals surface area contributed by atoms with Crippen molar-refractivity contribution in [3.63, 3.8) is 0 Å². The van der Waals surface area contributed by atoms with Crippen molar-refractivity contribution in [3.05, 3.63) is 52.8 Å². The van der Waals surface area contributed by atoms with E-state index in [1.165, 1.54) is 17.7 Å². The first-order chi connectivity index (χ1) is 11.7. The lowest BCUT2D eigenvalue weighted by atomic mass is 10.1. The van der Waals surface area contributed by atoms with Gasteiger partial charge in [-0.25, -0.2) is 9.97 Å². The van der Waals surface area contributed by atoms with Gasteiger partial charge in [-0.05, 0) is 23.9 Å². The second-order valence-electron chi connectivity index (χ2n) is 6.10. The van der Waals surface area contributed by atoms with E-state index in [0.717, 1.165) is 29.4 Å². The van der Waals surface area contributed by atoms with Crippen molar-refractivity contribution in [2.75, 3.05) is 6.54 Å². The van der Waals surface area contributed by atoms with Gasteiger partial charge in [0.2, 0.25) is 0 Å². The molecule has 1 atom stereocenters. The molecule has 1 aliphatic heterocycles. The zero-order chi connectivity index (χ0) is 16.5. The molecule has 124 valence electrons. The second kappa shape index (κ2) is 6.20. The predicted octanol–water partition coefficient (Wildman–Crippen LogP) is 1.82. The summed E-state index contributed by atoms with van der Waals surface area (Å²) in [5.74, 6) is 1.27. The van der Waals surface area contributed by atoms with E-state index >= 15 is 0 Å². The van der Waals surface area contributed by atoms with Crippen molar-refractivity contribution in [2.45, 2.75) is 26.6 Å². The van der Waals surface area contributed by atoms with Gasteiger partial charge in [0.1, 0.15) is 18.5 Å². The lowest BCUT2D eigenvalue weighted by Gasteiger charge is -2.23. The highest BCUT2D eigenvalue weighted by atomic mass is 32.1. The van der Waals surface area contributed by atoms with Crippen LogP contribution in [0.25, 0.3) is 0 Å². The number of hydrogen-bond donors (Lipinski definition) is 0. The summed E-state index contributed by atoms with van der Waals surface area (Å²) in [4.78, 5) is 24.1. The molecule has 0 bridgehead atoms. The lowest BCUT2D eigenvalue weighted by molar-refractivity contribution is 0.0717. The zero-order valence-electron chi connectivity index (χ0n) is 13.4. The zero-order valence-corrected chi connectivity index (χ0v) is 14.2. The molecule has 3 aromatic rings. The van der Waals surface area contributed by atoms with Crippen molar-refractivity contribution < 1.29 is 4.79 Å². The van der Waals surface area contributed by atoms with Crippen molar-refractivity contribution in [1.82, 2.24) is 29.2 Å². The molecule has 0 saturated heterocycles. The predicted molar refractivity (Wildman–Crippen MR) is 89.5 cm³/mol. The van der Waals surface area contributed by atoms with Crippen LogP contribution in [-0.4, -0.2) is 41.7 Å². The highest BCUT2D eigenvalue weighted by Crippen LogP contribution is 2.23. The van der Waals surface area contributed by atoms with E-state index in [4.69, 9.17) is 0 Å². The number of carbonyl (C=O) groups is 1. The molecule has 24 heavy (non-hydrogen) atoms. The summed E-state index contributed by atoms with van der Waals surface area (Å²) in [7, 11) is 0. The maximum Gasteiger partial charge on any atom is 0.264 e. The standard InChI is InChI=1S/C16H18N6OS/c1-12-2-5-24-15(12)16(23)21-7-13(8-22-11-17-10-19-22)6-20-4-3-18-14(20)9-21/h2-5,10-11,13H,6-9H2,1H3/t13-/m0/s1. The molecule has 4 rings (SSSR count). The van der Waals surface area contributed by atoms with Gasteiger partial charge in [-0.15, -0.1) is 11.3 Å². The van der Waals surface area contributed by atoms with E-state index in [1.807, 2.05) is 34.1 Å². The Labute approximate surface area is 143 Å². The van der Waals surface area contributed by atoms with Crippen molar-refractivity contribution in [1.29, 1.82) is 0 Å². The largest absolute Gasteiger partial charge is 0.333 e. The van der Waals surface area contributed by atoms with Crippen LogP contribution in [0.15, 0.2) is 36.5 Å². The Balaban J connectivity index is 1.61. The Morgan fingerprint density at radius 1 is 1.42 bits per heavy atom.